The summed E-state index contributed by atoms with van der Waals surface area (Å²) in [6.45, 7) is 0. The van der Waals surface area contributed by atoms with Crippen molar-refractivity contribution in [3.63, 3.8) is 0 Å². The molecular formula is C14H16O4. The maximum Gasteiger partial charge on any atom is 0.161 e. The molecule has 4 heteroatoms. The summed E-state index contributed by atoms with van der Waals surface area (Å²) in [5, 5.41) is 2.01. The van der Waals surface area contributed by atoms with Gasteiger partial charge < -0.3 is 18.9 Å². The Morgan fingerprint density at radius 1 is 0.500 bits per heavy atom. The summed E-state index contributed by atoms with van der Waals surface area (Å²) in [5.74, 6) is 2.77. The molecule has 0 aromatic heterocycles. The lowest BCUT2D eigenvalue weighted by Crippen LogP contribution is -1.93. The summed E-state index contributed by atoms with van der Waals surface area (Å²) in [5.41, 5.74) is 0. The van der Waals surface area contributed by atoms with Gasteiger partial charge in [0, 0.05) is 0 Å². The number of hydrogen-bond donors (Lipinski definition) is 0. The molecule has 2 rings (SSSR count). The molecule has 0 N–H and O–H groups in total. The Balaban J connectivity index is 2.69. The lowest BCUT2D eigenvalue weighted by Gasteiger charge is -2.12. The minimum Gasteiger partial charge on any atom is -0.493 e. The summed E-state index contributed by atoms with van der Waals surface area (Å²) >= 11 is 0. The van der Waals surface area contributed by atoms with Crippen LogP contribution in [0.25, 0.3) is 10.8 Å². The second kappa shape index (κ2) is 5.04. The van der Waals surface area contributed by atoms with Crippen LogP contribution in [0.4, 0.5) is 0 Å². The molecule has 0 unspecified atom stereocenters. The zero-order valence-electron chi connectivity index (χ0n) is 10.9. The van der Waals surface area contributed by atoms with E-state index in [-0.39, 0.29) is 0 Å². The molecule has 0 aliphatic carbocycles. The molecule has 0 aliphatic heterocycles. The van der Waals surface area contributed by atoms with E-state index in [4.69, 9.17) is 18.9 Å². The summed E-state index contributed by atoms with van der Waals surface area (Å²) in [6, 6.07) is 7.65. The smallest absolute Gasteiger partial charge is 0.161 e. The van der Waals surface area contributed by atoms with Crippen molar-refractivity contribution >= 4 is 10.8 Å². The van der Waals surface area contributed by atoms with Gasteiger partial charge in [-0.3, -0.25) is 0 Å². The van der Waals surface area contributed by atoms with Crippen LogP contribution in [0.2, 0.25) is 0 Å². The summed E-state index contributed by atoms with van der Waals surface area (Å²) in [4.78, 5) is 0. The predicted molar refractivity (Wildman–Crippen MR) is 70.2 cm³/mol. The van der Waals surface area contributed by atoms with Gasteiger partial charge in [-0.15, -0.1) is 0 Å². The van der Waals surface area contributed by atoms with E-state index in [1.807, 2.05) is 24.3 Å². The first-order valence-corrected chi connectivity index (χ1v) is 5.51. The van der Waals surface area contributed by atoms with Crippen molar-refractivity contribution in [2.45, 2.75) is 0 Å². The highest BCUT2D eigenvalue weighted by atomic mass is 16.5. The first kappa shape index (κ1) is 12.4. The molecule has 0 spiro atoms. The van der Waals surface area contributed by atoms with Gasteiger partial charge in [-0.2, -0.15) is 0 Å². The van der Waals surface area contributed by atoms with Gasteiger partial charge in [-0.25, -0.2) is 0 Å². The molecule has 0 bridgehead atoms. The molecule has 0 saturated carbocycles. The monoisotopic (exact) mass is 248 g/mol. The van der Waals surface area contributed by atoms with Crippen LogP contribution in [0, 0.1) is 0 Å². The fraction of sp³-hybridized carbons (Fsp3) is 0.286. The van der Waals surface area contributed by atoms with Crippen LogP contribution in [0.5, 0.6) is 23.0 Å². The molecule has 0 saturated heterocycles. The van der Waals surface area contributed by atoms with E-state index in [1.165, 1.54) is 0 Å². The fourth-order valence-electron chi connectivity index (χ4n) is 1.90. The quantitative estimate of drug-likeness (QED) is 0.833. The van der Waals surface area contributed by atoms with E-state index in [1.54, 1.807) is 28.4 Å². The van der Waals surface area contributed by atoms with E-state index in [0.29, 0.717) is 23.0 Å². The van der Waals surface area contributed by atoms with E-state index in [9.17, 15) is 0 Å². The van der Waals surface area contributed by atoms with E-state index in [2.05, 4.69) is 0 Å². The van der Waals surface area contributed by atoms with Crippen molar-refractivity contribution in [1.82, 2.24) is 0 Å². The van der Waals surface area contributed by atoms with Gasteiger partial charge in [-0.1, -0.05) is 0 Å². The second-order valence-corrected chi connectivity index (χ2v) is 3.76. The molecule has 2 aromatic carbocycles. The average Bonchev–Trinajstić information content (AvgIpc) is 2.43. The lowest BCUT2D eigenvalue weighted by molar-refractivity contribution is 0.353. The molecule has 4 nitrogen and oxygen atoms in total. The largest absolute Gasteiger partial charge is 0.493 e. The highest BCUT2D eigenvalue weighted by Gasteiger charge is 2.10. The van der Waals surface area contributed by atoms with Crippen molar-refractivity contribution in [2.75, 3.05) is 28.4 Å². The van der Waals surface area contributed by atoms with Gasteiger partial charge in [0.15, 0.2) is 23.0 Å². The van der Waals surface area contributed by atoms with Crippen molar-refractivity contribution in [1.29, 1.82) is 0 Å². The zero-order valence-corrected chi connectivity index (χ0v) is 10.9. The third-order valence-electron chi connectivity index (χ3n) is 2.85. The maximum atomic E-state index is 5.28. The number of ether oxygens (including phenoxy) is 4. The van der Waals surface area contributed by atoms with Gasteiger partial charge in [0.1, 0.15) is 0 Å². The average molecular weight is 248 g/mol. The van der Waals surface area contributed by atoms with E-state index < -0.39 is 0 Å². The van der Waals surface area contributed by atoms with Crippen molar-refractivity contribution < 1.29 is 18.9 Å². The standard InChI is InChI=1S/C14H16O4/c1-15-11-5-9-7-13(17-3)14(18-4)8-10(9)6-12(11)16-2/h5-8H,1-4H3. The highest BCUT2D eigenvalue weighted by molar-refractivity contribution is 5.89. The molecule has 0 fully saturated rings. The molecule has 0 atom stereocenters. The Bertz CT molecular complexity index is 466. The Kier molecular flexibility index (Phi) is 3.46. The Hall–Kier alpha value is -2.10. The van der Waals surface area contributed by atoms with Crippen LogP contribution in [0.1, 0.15) is 0 Å². The number of rotatable bonds is 4. The van der Waals surface area contributed by atoms with Crippen molar-refractivity contribution in [3.05, 3.63) is 24.3 Å². The van der Waals surface area contributed by atoms with Gasteiger partial charge in [-0.05, 0) is 35.0 Å². The Labute approximate surface area is 106 Å². The molecule has 0 radical (unpaired) electrons. The van der Waals surface area contributed by atoms with E-state index >= 15 is 0 Å². The van der Waals surface area contributed by atoms with Crippen LogP contribution in [-0.2, 0) is 0 Å². The summed E-state index contributed by atoms with van der Waals surface area (Å²) < 4.78 is 21.1. The molecule has 0 aliphatic rings. The first-order valence-electron chi connectivity index (χ1n) is 5.51. The Morgan fingerprint density at radius 3 is 0.889 bits per heavy atom. The third-order valence-corrected chi connectivity index (χ3v) is 2.85. The van der Waals surface area contributed by atoms with Crippen LogP contribution in [-0.4, -0.2) is 28.4 Å². The molecule has 2 aromatic rings. The van der Waals surface area contributed by atoms with Gasteiger partial charge in [0.2, 0.25) is 0 Å². The van der Waals surface area contributed by atoms with Gasteiger partial charge in [0.05, 0.1) is 28.4 Å². The van der Waals surface area contributed by atoms with Crippen LogP contribution < -0.4 is 18.9 Å². The first-order chi connectivity index (χ1) is 8.73. The Morgan fingerprint density at radius 2 is 0.722 bits per heavy atom. The van der Waals surface area contributed by atoms with Crippen LogP contribution >= 0.6 is 0 Å². The third kappa shape index (κ3) is 2.01. The maximum absolute atomic E-state index is 5.28. The van der Waals surface area contributed by atoms with Crippen molar-refractivity contribution in [3.8, 4) is 23.0 Å². The SMILES string of the molecule is COc1cc2cc(OC)c(OC)cc2cc1OC. The minimum atomic E-state index is 0.692. The topological polar surface area (TPSA) is 36.9 Å². The number of benzene rings is 2. The van der Waals surface area contributed by atoms with Gasteiger partial charge >= 0.3 is 0 Å². The van der Waals surface area contributed by atoms with Crippen molar-refractivity contribution in [2.24, 2.45) is 0 Å². The molecular weight excluding hydrogens is 232 g/mol. The highest BCUT2D eigenvalue weighted by Crippen LogP contribution is 2.37. The van der Waals surface area contributed by atoms with E-state index in [0.717, 1.165) is 10.8 Å². The zero-order chi connectivity index (χ0) is 13.1. The molecule has 18 heavy (non-hydrogen) atoms. The normalized spacial score (nSPS) is 10.2. The predicted octanol–water partition coefficient (Wildman–Crippen LogP) is 2.87. The molecule has 0 amide bonds. The van der Waals surface area contributed by atoms with Gasteiger partial charge in [0.25, 0.3) is 0 Å². The molecule has 0 heterocycles. The van der Waals surface area contributed by atoms with Crippen LogP contribution in [0.3, 0.4) is 0 Å². The summed E-state index contributed by atoms with van der Waals surface area (Å²) in [6.07, 6.45) is 0. The summed E-state index contributed by atoms with van der Waals surface area (Å²) in [7, 11) is 6.46. The molecule has 96 valence electrons. The lowest BCUT2D eigenvalue weighted by atomic mass is 10.1. The number of hydrogen-bond acceptors (Lipinski definition) is 4. The number of fused-ring (bicyclic) bond motifs is 1. The van der Waals surface area contributed by atoms with Crippen LogP contribution in [0.15, 0.2) is 24.3 Å². The fourth-order valence-corrected chi connectivity index (χ4v) is 1.90. The minimum absolute atomic E-state index is 0.692. The number of methoxy groups -OCH3 is 4. The second-order valence-electron chi connectivity index (χ2n) is 3.76.